The van der Waals surface area contributed by atoms with Crippen LogP contribution in [0, 0.1) is 29.4 Å². The smallest absolute Gasteiger partial charge is 0.206 e. The Morgan fingerprint density at radius 3 is 1.83 bits per heavy atom. The van der Waals surface area contributed by atoms with Crippen molar-refractivity contribution in [1.82, 2.24) is 0 Å². The van der Waals surface area contributed by atoms with Crippen molar-refractivity contribution >= 4 is 0 Å². The van der Waals surface area contributed by atoms with E-state index in [-0.39, 0.29) is 5.92 Å². The first-order valence-corrected chi connectivity index (χ1v) is 11.0. The molecule has 1 aromatic rings. The third-order valence-electron chi connectivity index (χ3n) is 7.02. The Morgan fingerprint density at radius 1 is 0.828 bits per heavy atom. The van der Waals surface area contributed by atoms with E-state index in [0.717, 1.165) is 56.1 Å². The lowest BCUT2D eigenvalue weighted by molar-refractivity contribution is -0.142. The molecule has 0 bridgehead atoms. The van der Waals surface area contributed by atoms with Crippen LogP contribution in [0.4, 0.5) is 22.0 Å². The molecular weight excluding hydrogens is 383 g/mol. The van der Waals surface area contributed by atoms with E-state index in [0.29, 0.717) is 11.5 Å². The fourth-order valence-corrected chi connectivity index (χ4v) is 5.37. The molecule has 5 heteroatoms. The van der Waals surface area contributed by atoms with Gasteiger partial charge in [-0.3, -0.25) is 0 Å². The van der Waals surface area contributed by atoms with Gasteiger partial charge < -0.3 is 0 Å². The van der Waals surface area contributed by atoms with Gasteiger partial charge in [-0.2, -0.15) is 13.2 Å². The molecule has 0 saturated heterocycles. The molecule has 2 fully saturated rings. The minimum Gasteiger partial charge on any atom is -0.206 e. The highest BCUT2D eigenvalue weighted by Crippen LogP contribution is 2.45. The maximum absolute atomic E-state index is 13.9. The summed E-state index contributed by atoms with van der Waals surface area (Å²) in [5.74, 6) is -0.877. The largest absolute Gasteiger partial charge is 0.422 e. The van der Waals surface area contributed by atoms with Gasteiger partial charge in [0.1, 0.15) is 17.2 Å². The van der Waals surface area contributed by atoms with Crippen molar-refractivity contribution < 1.29 is 22.0 Å². The third-order valence-corrected chi connectivity index (χ3v) is 7.02. The number of halogens is 5. The molecule has 0 atom stereocenters. The van der Waals surface area contributed by atoms with Crippen LogP contribution in [0.5, 0.6) is 0 Å². The molecule has 2 aliphatic rings. The number of allylic oxidation sites excluding steroid dienone is 2. The molecule has 0 aliphatic heterocycles. The summed E-state index contributed by atoms with van der Waals surface area (Å²) in [5, 5.41) is 0. The molecule has 3 rings (SSSR count). The van der Waals surface area contributed by atoms with E-state index in [4.69, 9.17) is 0 Å². The van der Waals surface area contributed by atoms with Gasteiger partial charge >= 0.3 is 6.18 Å². The SMILES string of the molecule is CC/C=C/C[C@H]1CC[C@H]([C@H]2CC[C@H](c3cc(F)c(C(F)(F)F)c(F)c3)CC2)CC1. The van der Waals surface area contributed by atoms with Gasteiger partial charge in [0.15, 0.2) is 0 Å². The number of alkyl halides is 3. The van der Waals surface area contributed by atoms with Crippen molar-refractivity contribution in [3.05, 3.63) is 47.0 Å². The summed E-state index contributed by atoms with van der Waals surface area (Å²) in [6, 6.07) is 1.79. The predicted molar refractivity (Wildman–Crippen MR) is 106 cm³/mol. The van der Waals surface area contributed by atoms with Gasteiger partial charge in [0.25, 0.3) is 0 Å². The van der Waals surface area contributed by atoms with Gasteiger partial charge in [-0.15, -0.1) is 0 Å². The van der Waals surface area contributed by atoms with Crippen molar-refractivity contribution in [3.8, 4) is 0 Å². The topological polar surface area (TPSA) is 0 Å². The molecule has 0 amide bonds. The summed E-state index contributed by atoms with van der Waals surface area (Å²) >= 11 is 0. The Morgan fingerprint density at radius 2 is 1.34 bits per heavy atom. The number of benzene rings is 1. The van der Waals surface area contributed by atoms with E-state index >= 15 is 0 Å². The normalized spacial score (nSPS) is 28.8. The molecule has 0 unspecified atom stereocenters. The summed E-state index contributed by atoms with van der Waals surface area (Å²) in [5.41, 5.74) is -1.40. The summed E-state index contributed by atoms with van der Waals surface area (Å²) in [7, 11) is 0. The highest BCUT2D eigenvalue weighted by molar-refractivity contribution is 5.30. The zero-order chi connectivity index (χ0) is 21.0. The Labute approximate surface area is 170 Å². The lowest BCUT2D eigenvalue weighted by Gasteiger charge is -2.38. The number of hydrogen-bond donors (Lipinski definition) is 0. The maximum atomic E-state index is 13.9. The highest BCUT2D eigenvalue weighted by Gasteiger charge is 2.39. The van der Waals surface area contributed by atoms with Crippen molar-refractivity contribution in [2.75, 3.05) is 0 Å². The molecule has 0 spiro atoms. The Balaban J connectivity index is 1.53. The molecular formula is C24H31F5. The van der Waals surface area contributed by atoms with Crippen LogP contribution in [0.15, 0.2) is 24.3 Å². The second kappa shape index (κ2) is 9.61. The van der Waals surface area contributed by atoms with E-state index in [9.17, 15) is 22.0 Å². The molecule has 0 radical (unpaired) electrons. The Bertz CT molecular complexity index is 667. The van der Waals surface area contributed by atoms with Crippen LogP contribution in [0.3, 0.4) is 0 Å². The minimum atomic E-state index is -5.00. The fourth-order valence-electron chi connectivity index (χ4n) is 5.37. The van der Waals surface area contributed by atoms with E-state index < -0.39 is 23.4 Å². The molecule has 29 heavy (non-hydrogen) atoms. The molecule has 0 N–H and O–H groups in total. The predicted octanol–water partition coefficient (Wildman–Crippen LogP) is 8.42. The summed E-state index contributed by atoms with van der Waals surface area (Å²) in [6.45, 7) is 2.15. The zero-order valence-electron chi connectivity index (χ0n) is 17.1. The highest BCUT2D eigenvalue weighted by atomic mass is 19.4. The average molecular weight is 415 g/mol. The first-order valence-electron chi connectivity index (χ1n) is 11.0. The van der Waals surface area contributed by atoms with Gasteiger partial charge in [0.2, 0.25) is 0 Å². The molecule has 2 saturated carbocycles. The molecule has 0 aromatic heterocycles. The number of hydrogen-bond acceptors (Lipinski definition) is 0. The van der Waals surface area contributed by atoms with Crippen molar-refractivity contribution in [3.63, 3.8) is 0 Å². The Kier molecular flexibility index (Phi) is 7.39. The summed E-state index contributed by atoms with van der Waals surface area (Å²) in [6.07, 6.45) is 10.5. The van der Waals surface area contributed by atoms with Crippen LogP contribution in [-0.4, -0.2) is 0 Å². The van der Waals surface area contributed by atoms with Gasteiger partial charge in [-0.05, 0) is 106 Å². The van der Waals surface area contributed by atoms with E-state index in [1.807, 2.05) is 0 Å². The van der Waals surface area contributed by atoms with Crippen LogP contribution in [0.1, 0.15) is 88.2 Å². The second-order valence-electron chi connectivity index (χ2n) is 8.87. The van der Waals surface area contributed by atoms with Crippen LogP contribution in [-0.2, 0) is 6.18 Å². The van der Waals surface area contributed by atoms with Crippen molar-refractivity contribution in [2.45, 2.75) is 83.2 Å². The molecule has 2 aliphatic carbocycles. The standard InChI is InChI=1S/C24H31F5/c1-2-3-4-5-16-6-8-17(9-7-16)18-10-12-19(13-11-18)20-14-21(25)23(22(26)15-20)24(27,28)29/h3-4,14-19H,2,5-13H2,1H3/b4-3+/t16-,17-,18-,19-. The van der Waals surface area contributed by atoms with Crippen LogP contribution in [0.2, 0.25) is 0 Å². The van der Waals surface area contributed by atoms with E-state index in [1.165, 1.54) is 32.1 Å². The number of rotatable bonds is 5. The second-order valence-corrected chi connectivity index (χ2v) is 8.87. The van der Waals surface area contributed by atoms with Crippen LogP contribution >= 0.6 is 0 Å². The first kappa shape index (κ1) is 22.3. The van der Waals surface area contributed by atoms with Gasteiger partial charge in [0, 0.05) is 0 Å². The van der Waals surface area contributed by atoms with Crippen molar-refractivity contribution in [2.24, 2.45) is 17.8 Å². The quantitative estimate of drug-likeness (QED) is 0.335. The lowest BCUT2D eigenvalue weighted by atomic mass is 9.68. The first-order chi connectivity index (χ1) is 13.8. The fraction of sp³-hybridized carbons (Fsp3) is 0.667. The summed E-state index contributed by atoms with van der Waals surface area (Å²) in [4.78, 5) is 0. The third kappa shape index (κ3) is 5.61. The monoisotopic (exact) mass is 414 g/mol. The lowest BCUT2D eigenvalue weighted by Crippen LogP contribution is -2.25. The Hall–Kier alpha value is -1.39. The van der Waals surface area contributed by atoms with Crippen molar-refractivity contribution in [1.29, 1.82) is 0 Å². The molecule has 0 heterocycles. The minimum absolute atomic E-state index is 0.0481. The van der Waals surface area contributed by atoms with E-state index in [1.54, 1.807) is 0 Å². The zero-order valence-corrected chi connectivity index (χ0v) is 17.1. The van der Waals surface area contributed by atoms with Crippen LogP contribution in [0.25, 0.3) is 0 Å². The summed E-state index contributed by atoms with van der Waals surface area (Å²) < 4.78 is 66.1. The van der Waals surface area contributed by atoms with E-state index in [2.05, 4.69) is 19.1 Å². The van der Waals surface area contributed by atoms with Gasteiger partial charge in [-0.1, -0.05) is 19.1 Å². The molecule has 162 valence electrons. The average Bonchev–Trinajstić information content (AvgIpc) is 2.67. The molecule has 1 aromatic carbocycles. The van der Waals surface area contributed by atoms with Gasteiger partial charge in [0.05, 0.1) is 0 Å². The van der Waals surface area contributed by atoms with Crippen LogP contribution < -0.4 is 0 Å². The maximum Gasteiger partial charge on any atom is 0.422 e. The molecule has 0 nitrogen and oxygen atoms in total. The van der Waals surface area contributed by atoms with Gasteiger partial charge in [-0.25, -0.2) is 8.78 Å².